The van der Waals surface area contributed by atoms with Crippen LogP contribution in [0.4, 0.5) is 10.7 Å². The van der Waals surface area contributed by atoms with E-state index in [1.807, 2.05) is 4.72 Å². The number of ether oxygens (including phenoxy) is 1. The van der Waals surface area contributed by atoms with Gasteiger partial charge in [0.25, 0.3) is 10.0 Å². The molecule has 26 heavy (non-hydrogen) atoms. The van der Waals surface area contributed by atoms with E-state index in [2.05, 4.69) is 20.3 Å². The van der Waals surface area contributed by atoms with Crippen LogP contribution in [0.1, 0.15) is 0 Å². The largest absolute Gasteiger partial charge is 0.480 e. The zero-order valence-corrected chi connectivity index (χ0v) is 14.9. The van der Waals surface area contributed by atoms with Gasteiger partial charge in [-0.2, -0.15) is 9.97 Å². The molecule has 1 aromatic carbocycles. The maximum atomic E-state index is 12.3. The summed E-state index contributed by atoms with van der Waals surface area (Å²) in [4.78, 5) is 24.0. The smallest absolute Gasteiger partial charge is 0.335 e. The number of methoxy groups -OCH3 is 1. The Labute approximate surface area is 153 Å². The molecule has 0 fully saturated rings. The van der Waals surface area contributed by atoms with Crippen LogP contribution in [0.3, 0.4) is 0 Å². The Morgan fingerprint density at radius 1 is 1.15 bits per heavy atom. The summed E-state index contributed by atoms with van der Waals surface area (Å²) in [5, 5.41) is 2.77. The van der Waals surface area contributed by atoms with Crippen LogP contribution in [-0.4, -0.2) is 36.5 Å². The fourth-order valence-corrected chi connectivity index (χ4v) is 3.54. The molecule has 0 aliphatic rings. The maximum absolute atomic E-state index is 12.3. The van der Waals surface area contributed by atoms with Gasteiger partial charge in [0, 0.05) is 6.20 Å². The average molecular weight is 394 g/mol. The second kappa shape index (κ2) is 7.10. The number of hydrogen-bond acceptors (Lipinski definition) is 7. The number of carbonyl (C=O) groups is 1. The number of amides is 2. The highest BCUT2D eigenvalue weighted by molar-refractivity contribution is 7.90. The molecule has 3 aromatic rings. The molecule has 0 unspecified atom stereocenters. The van der Waals surface area contributed by atoms with Crippen LogP contribution in [0.5, 0.6) is 5.88 Å². The van der Waals surface area contributed by atoms with E-state index in [0.29, 0.717) is 5.39 Å². The first-order chi connectivity index (χ1) is 12.4. The number of halogens is 1. The molecule has 0 saturated carbocycles. The fourth-order valence-electron chi connectivity index (χ4n) is 2.11. The molecule has 9 nitrogen and oxygen atoms in total. The van der Waals surface area contributed by atoms with E-state index in [1.165, 1.54) is 31.5 Å². The molecule has 11 heteroatoms. The first-order valence-electron chi connectivity index (χ1n) is 7.16. The van der Waals surface area contributed by atoms with Gasteiger partial charge in [-0.1, -0.05) is 23.7 Å². The number of anilines is 1. The van der Waals surface area contributed by atoms with Crippen LogP contribution in [0.25, 0.3) is 11.0 Å². The third kappa shape index (κ3) is 3.65. The number of aromatic nitrogens is 3. The minimum atomic E-state index is -4.16. The van der Waals surface area contributed by atoms with E-state index in [1.54, 1.807) is 18.2 Å². The summed E-state index contributed by atoms with van der Waals surface area (Å²) in [5.41, 5.74) is 0.281. The molecular formula is C15H12ClN5O4S. The second-order valence-electron chi connectivity index (χ2n) is 4.92. The molecule has 0 radical (unpaired) electrons. The van der Waals surface area contributed by atoms with Gasteiger partial charge in [0.05, 0.1) is 17.5 Å². The van der Waals surface area contributed by atoms with Crippen molar-refractivity contribution in [2.24, 2.45) is 0 Å². The SMILES string of the molecule is COc1nc(NC(=O)NS(=O)(=O)c2ccccc2Cl)nc2ncccc12. The molecule has 2 amide bonds. The summed E-state index contributed by atoms with van der Waals surface area (Å²) in [6, 6.07) is 8.07. The molecular weight excluding hydrogens is 382 g/mol. The molecule has 3 rings (SSSR count). The Hall–Kier alpha value is -2.98. The molecule has 0 atom stereocenters. The highest BCUT2D eigenvalue weighted by Gasteiger charge is 2.21. The van der Waals surface area contributed by atoms with Crippen molar-refractivity contribution in [3.8, 4) is 5.88 Å². The van der Waals surface area contributed by atoms with Crippen LogP contribution in [0.2, 0.25) is 5.02 Å². The zero-order chi connectivity index (χ0) is 18.7. The fraction of sp³-hybridized carbons (Fsp3) is 0.0667. The van der Waals surface area contributed by atoms with E-state index in [-0.39, 0.29) is 27.4 Å². The van der Waals surface area contributed by atoms with Crippen molar-refractivity contribution < 1.29 is 17.9 Å². The number of fused-ring (bicyclic) bond motifs is 1. The Morgan fingerprint density at radius 2 is 1.92 bits per heavy atom. The summed E-state index contributed by atoms with van der Waals surface area (Å²) in [6.45, 7) is 0. The monoisotopic (exact) mass is 393 g/mol. The van der Waals surface area contributed by atoms with Gasteiger partial charge in [-0.25, -0.2) is 22.9 Å². The number of hydrogen-bond donors (Lipinski definition) is 2. The normalized spacial score (nSPS) is 11.2. The van der Waals surface area contributed by atoms with Crippen molar-refractivity contribution in [3.05, 3.63) is 47.6 Å². The zero-order valence-electron chi connectivity index (χ0n) is 13.3. The number of benzene rings is 1. The summed E-state index contributed by atoms with van der Waals surface area (Å²) < 4.78 is 31.5. The molecule has 134 valence electrons. The lowest BCUT2D eigenvalue weighted by Crippen LogP contribution is -2.35. The number of rotatable bonds is 4. The number of sulfonamides is 1. The van der Waals surface area contributed by atoms with Gasteiger partial charge in [0.1, 0.15) is 4.90 Å². The van der Waals surface area contributed by atoms with Crippen LogP contribution in [0, 0.1) is 0 Å². The van der Waals surface area contributed by atoms with Crippen molar-refractivity contribution in [1.82, 2.24) is 19.7 Å². The molecule has 0 bridgehead atoms. The summed E-state index contributed by atoms with van der Waals surface area (Å²) in [5.74, 6) is 0.0206. The summed E-state index contributed by atoms with van der Waals surface area (Å²) in [7, 11) is -2.76. The van der Waals surface area contributed by atoms with Crippen LogP contribution < -0.4 is 14.8 Å². The van der Waals surface area contributed by atoms with Gasteiger partial charge in [0.15, 0.2) is 5.65 Å². The average Bonchev–Trinajstić information content (AvgIpc) is 2.60. The molecule has 2 aromatic heterocycles. The van der Waals surface area contributed by atoms with Crippen molar-refractivity contribution in [2.75, 3.05) is 12.4 Å². The molecule has 0 aliphatic carbocycles. The van der Waals surface area contributed by atoms with Crippen LogP contribution in [0.15, 0.2) is 47.5 Å². The van der Waals surface area contributed by atoms with Gasteiger partial charge in [-0.15, -0.1) is 0 Å². The van der Waals surface area contributed by atoms with Gasteiger partial charge in [0.2, 0.25) is 11.8 Å². The minimum Gasteiger partial charge on any atom is -0.480 e. The topological polar surface area (TPSA) is 123 Å². The quantitative estimate of drug-likeness (QED) is 0.696. The first-order valence-corrected chi connectivity index (χ1v) is 9.02. The van der Waals surface area contributed by atoms with Crippen molar-refractivity contribution in [3.63, 3.8) is 0 Å². The standard InChI is InChI=1S/C15H12ClN5O4S/c1-25-13-9-5-4-8-17-12(9)18-14(19-13)20-15(22)21-26(23,24)11-7-3-2-6-10(11)16/h2-8H,1H3,(H2,17,18,19,20,21,22). The first kappa shape index (κ1) is 17.8. The van der Waals surface area contributed by atoms with Gasteiger partial charge >= 0.3 is 6.03 Å². The van der Waals surface area contributed by atoms with Crippen LogP contribution >= 0.6 is 11.6 Å². The lowest BCUT2D eigenvalue weighted by molar-refractivity contribution is 0.256. The Balaban J connectivity index is 1.84. The molecule has 2 N–H and O–H groups in total. The molecule has 0 aliphatic heterocycles. The highest BCUT2D eigenvalue weighted by atomic mass is 35.5. The summed E-state index contributed by atoms with van der Waals surface area (Å²) >= 11 is 5.86. The third-order valence-corrected chi connectivity index (χ3v) is 5.04. The van der Waals surface area contributed by atoms with E-state index in [4.69, 9.17) is 16.3 Å². The van der Waals surface area contributed by atoms with E-state index < -0.39 is 16.1 Å². The Kier molecular flexibility index (Phi) is 4.87. The van der Waals surface area contributed by atoms with Crippen LogP contribution in [-0.2, 0) is 10.0 Å². The lowest BCUT2D eigenvalue weighted by Gasteiger charge is -2.10. The maximum Gasteiger partial charge on any atom is 0.335 e. The van der Waals surface area contributed by atoms with Crippen molar-refractivity contribution >= 4 is 44.6 Å². The highest BCUT2D eigenvalue weighted by Crippen LogP contribution is 2.22. The van der Waals surface area contributed by atoms with E-state index >= 15 is 0 Å². The molecule has 0 spiro atoms. The summed E-state index contributed by atoms with van der Waals surface area (Å²) in [6.07, 6.45) is 1.51. The number of urea groups is 1. The number of nitrogens with zero attached hydrogens (tertiary/aromatic N) is 3. The number of nitrogens with one attached hydrogen (secondary N) is 2. The van der Waals surface area contributed by atoms with E-state index in [9.17, 15) is 13.2 Å². The van der Waals surface area contributed by atoms with Gasteiger partial charge < -0.3 is 4.74 Å². The molecule has 2 heterocycles. The van der Waals surface area contributed by atoms with Gasteiger partial charge in [-0.05, 0) is 24.3 Å². The number of carbonyl (C=O) groups excluding carboxylic acids is 1. The predicted molar refractivity (Wildman–Crippen MR) is 94.7 cm³/mol. The third-order valence-electron chi connectivity index (χ3n) is 3.21. The Morgan fingerprint density at radius 3 is 2.65 bits per heavy atom. The number of pyridine rings is 1. The van der Waals surface area contributed by atoms with E-state index in [0.717, 1.165) is 0 Å². The predicted octanol–water partition coefficient (Wildman–Crippen LogP) is 2.20. The second-order valence-corrected chi connectivity index (χ2v) is 6.98. The Bertz CT molecular complexity index is 1090. The van der Waals surface area contributed by atoms with Crippen molar-refractivity contribution in [1.29, 1.82) is 0 Å². The van der Waals surface area contributed by atoms with Gasteiger partial charge in [-0.3, -0.25) is 5.32 Å². The minimum absolute atomic E-state index is 0.0133. The molecule has 0 saturated heterocycles. The lowest BCUT2D eigenvalue weighted by atomic mass is 10.3. The van der Waals surface area contributed by atoms with Crippen molar-refractivity contribution in [2.45, 2.75) is 4.90 Å².